The maximum absolute atomic E-state index is 12.5. The van der Waals surface area contributed by atoms with Crippen molar-refractivity contribution < 1.29 is 9.59 Å². The van der Waals surface area contributed by atoms with Crippen molar-refractivity contribution in [1.82, 2.24) is 25.6 Å². The van der Waals surface area contributed by atoms with Crippen molar-refractivity contribution in [3.63, 3.8) is 0 Å². The van der Waals surface area contributed by atoms with Gasteiger partial charge in [-0.15, -0.1) is 5.10 Å². The lowest BCUT2D eigenvalue weighted by Gasteiger charge is -2.07. The van der Waals surface area contributed by atoms with E-state index in [9.17, 15) is 9.59 Å². The van der Waals surface area contributed by atoms with Gasteiger partial charge < -0.3 is 10.6 Å². The smallest absolute Gasteiger partial charge is 0.274 e. The molecule has 7 nitrogen and oxygen atoms in total. The molecule has 0 radical (unpaired) electrons. The largest absolute Gasteiger partial charge is 0.352 e. The number of nitrogens with zero attached hydrogens (tertiary/aromatic N) is 3. The molecule has 0 saturated heterocycles. The zero-order valence-electron chi connectivity index (χ0n) is 15.6. The van der Waals surface area contributed by atoms with E-state index in [2.05, 4.69) is 20.8 Å². The van der Waals surface area contributed by atoms with E-state index in [4.69, 9.17) is 11.6 Å². The molecular weight excluding hydrogens is 378 g/mol. The predicted molar refractivity (Wildman–Crippen MR) is 107 cm³/mol. The van der Waals surface area contributed by atoms with E-state index in [-0.39, 0.29) is 24.1 Å². The summed E-state index contributed by atoms with van der Waals surface area (Å²) >= 11 is 6.00. The Bertz CT molecular complexity index is 1020. The van der Waals surface area contributed by atoms with Gasteiger partial charge in [0.2, 0.25) is 0 Å². The van der Waals surface area contributed by atoms with Gasteiger partial charge in [-0.1, -0.05) is 29.8 Å². The molecule has 0 unspecified atom stereocenters. The summed E-state index contributed by atoms with van der Waals surface area (Å²) in [4.78, 5) is 25.9. The van der Waals surface area contributed by atoms with Crippen LogP contribution in [0, 0.1) is 6.92 Å². The van der Waals surface area contributed by atoms with Crippen molar-refractivity contribution in [1.29, 1.82) is 0 Å². The molecule has 0 spiro atoms. The molecule has 0 fully saturated rings. The fourth-order valence-corrected chi connectivity index (χ4v) is 2.84. The number of amides is 2. The molecule has 2 amide bonds. The normalized spacial score (nSPS) is 10.5. The second-order valence-electron chi connectivity index (χ2n) is 6.15. The molecule has 28 heavy (non-hydrogen) atoms. The quantitative estimate of drug-likeness (QED) is 0.669. The molecule has 3 rings (SSSR count). The number of aromatic nitrogens is 3. The van der Waals surface area contributed by atoms with E-state index in [0.717, 1.165) is 5.56 Å². The molecule has 1 aromatic heterocycles. The van der Waals surface area contributed by atoms with Crippen molar-refractivity contribution in [2.45, 2.75) is 20.4 Å². The van der Waals surface area contributed by atoms with Gasteiger partial charge in [0.25, 0.3) is 11.8 Å². The summed E-state index contributed by atoms with van der Waals surface area (Å²) in [7, 11) is 0. The maximum atomic E-state index is 12.5. The minimum Gasteiger partial charge on any atom is -0.352 e. The van der Waals surface area contributed by atoms with Gasteiger partial charge in [0.1, 0.15) is 0 Å². The first-order valence-corrected chi connectivity index (χ1v) is 9.21. The first-order valence-electron chi connectivity index (χ1n) is 8.83. The highest BCUT2D eigenvalue weighted by molar-refractivity contribution is 6.30. The van der Waals surface area contributed by atoms with Crippen molar-refractivity contribution in [3.05, 3.63) is 76.1 Å². The zero-order valence-corrected chi connectivity index (χ0v) is 16.3. The third kappa shape index (κ3) is 4.55. The van der Waals surface area contributed by atoms with Crippen LogP contribution in [-0.2, 0) is 6.54 Å². The topological polar surface area (TPSA) is 88.9 Å². The van der Waals surface area contributed by atoms with Crippen molar-refractivity contribution in [2.24, 2.45) is 0 Å². The fourth-order valence-electron chi connectivity index (χ4n) is 2.66. The van der Waals surface area contributed by atoms with Gasteiger partial charge in [0, 0.05) is 23.7 Å². The molecule has 0 aliphatic rings. The van der Waals surface area contributed by atoms with Crippen LogP contribution in [0.15, 0.2) is 48.5 Å². The van der Waals surface area contributed by atoms with Crippen LogP contribution < -0.4 is 10.6 Å². The Morgan fingerprint density at radius 1 is 1.04 bits per heavy atom. The van der Waals surface area contributed by atoms with Crippen molar-refractivity contribution >= 4 is 23.4 Å². The monoisotopic (exact) mass is 397 g/mol. The van der Waals surface area contributed by atoms with Gasteiger partial charge in [-0.25, -0.2) is 0 Å². The highest BCUT2D eigenvalue weighted by atomic mass is 35.5. The molecule has 0 bridgehead atoms. The minimum absolute atomic E-state index is 0.143. The summed E-state index contributed by atoms with van der Waals surface area (Å²) in [6.45, 7) is 4.41. The Labute approximate surface area is 167 Å². The average Bonchev–Trinajstić information content (AvgIpc) is 3.08. The Kier molecular flexibility index (Phi) is 6.06. The second kappa shape index (κ2) is 8.67. The molecular formula is C20H20ClN5O2. The molecule has 3 aromatic rings. The summed E-state index contributed by atoms with van der Waals surface area (Å²) in [5.74, 6) is -0.481. The summed E-state index contributed by atoms with van der Waals surface area (Å²) < 4.78 is 0. The Balaban J connectivity index is 1.71. The lowest BCUT2D eigenvalue weighted by atomic mass is 10.1. The first kappa shape index (κ1) is 19.6. The van der Waals surface area contributed by atoms with Crippen LogP contribution in [0.2, 0.25) is 5.02 Å². The number of hydrogen-bond donors (Lipinski definition) is 2. The Morgan fingerprint density at radius 2 is 1.82 bits per heavy atom. The van der Waals surface area contributed by atoms with Crippen LogP contribution in [-0.4, -0.2) is 33.4 Å². The highest BCUT2D eigenvalue weighted by Gasteiger charge is 2.16. The number of halogens is 1. The summed E-state index contributed by atoms with van der Waals surface area (Å²) in [5.41, 5.74) is 2.78. The first-order chi connectivity index (χ1) is 13.5. The summed E-state index contributed by atoms with van der Waals surface area (Å²) in [6.07, 6.45) is 0. The standard InChI is InChI=1S/C20H20ClN5O2/c1-3-22-19(27)15-7-4-6-14(10-15)12-23-20(28)18-13(2)24-26(25-18)17-9-5-8-16(21)11-17/h4-11H,3,12H2,1-2H3,(H,22,27)(H,23,28). The van der Waals surface area contributed by atoms with Gasteiger partial charge in [-0.2, -0.15) is 9.90 Å². The van der Waals surface area contributed by atoms with E-state index in [0.29, 0.717) is 28.5 Å². The van der Waals surface area contributed by atoms with Gasteiger partial charge in [-0.05, 0) is 49.7 Å². The highest BCUT2D eigenvalue weighted by Crippen LogP contribution is 2.14. The summed E-state index contributed by atoms with van der Waals surface area (Å²) in [6, 6.07) is 14.2. The lowest BCUT2D eigenvalue weighted by Crippen LogP contribution is -2.25. The van der Waals surface area contributed by atoms with Crippen LogP contribution in [0.4, 0.5) is 0 Å². The van der Waals surface area contributed by atoms with E-state index >= 15 is 0 Å². The average molecular weight is 398 g/mol. The SMILES string of the molecule is CCNC(=O)c1cccc(CNC(=O)c2nn(-c3cccc(Cl)c3)nc2C)c1. The van der Waals surface area contributed by atoms with Gasteiger partial charge in [-0.3, -0.25) is 9.59 Å². The lowest BCUT2D eigenvalue weighted by molar-refractivity contribution is 0.0942. The minimum atomic E-state index is -0.339. The number of rotatable bonds is 6. The molecule has 0 atom stereocenters. The Morgan fingerprint density at radius 3 is 2.57 bits per heavy atom. The third-order valence-electron chi connectivity index (χ3n) is 4.02. The molecule has 0 aliphatic heterocycles. The van der Waals surface area contributed by atoms with Gasteiger partial charge in [0.05, 0.1) is 11.4 Å². The van der Waals surface area contributed by atoms with E-state index < -0.39 is 0 Å². The van der Waals surface area contributed by atoms with E-state index in [1.54, 1.807) is 49.4 Å². The Hall–Kier alpha value is -3.19. The van der Waals surface area contributed by atoms with Crippen LogP contribution in [0.1, 0.15) is 39.0 Å². The van der Waals surface area contributed by atoms with Crippen LogP contribution in [0.3, 0.4) is 0 Å². The number of hydrogen-bond acceptors (Lipinski definition) is 4. The summed E-state index contributed by atoms with van der Waals surface area (Å²) in [5, 5.41) is 14.7. The molecule has 144 valence electrons. The molecule has 2 aromatic carbocycles. The number of benzene rings is 2. The number of carbonyl (C=O) groups is 2. The van der Waals surface area contributed by atoms with Crippen LogP contribution in [0.5, 0.6) is 0 Å². The number of carbonyl (C=O) groups excluding carboxylic acids is 2. The number of aryl methyl sites for hydroxylation is 1. The zero-order chi connectivity index (χ0) is 20.1. The van der Waals surface area contributed by atoms with Gasteiger partial charge >= 0.3 is 0 Å². The molecule has 8 heteroatoms. The molecule has 0 aliphatic carbocycles. The van der Waals surface area contributed by atoms with Crippen molar-refractivity contribution in [2.75, 3.05) is 6.54 Å². The van der Waals surface area contributed by atoms with Crippen molar-refractivity contribution in [3.8, 4) is 5.69 Å². The van der Waals surface area contributed by atoms with E-state index in [1.165, 1.54) is 4.80 Å². The molecule has 0 saturated carbocycles. The fraction of sp³-hybridized carbons (Fsp3) is 0.200. The van der Waals surface area contributed by atoms with E-state index in [1.807, 2.05) is 13.0 Å². The number of nitrogens with one attached hydrogen (secondary N) is 2. The van der Waals surface area contributed by atoms with Crippen LogP contribution in [0.25, 0.3) is 5.69 Å². The predicted octanol–water partition coefficient (Wildman–Crippen LogP) is 2.91. The maximum Gasteiger partial charge on any atom is 0.274 e. The second-order valence-corrected chi connectivity index (χ2v) is 6.58. The van der Waals surface area contributed by atoms with Crippen LogP contribution >= 0.6 is 11.6 Å². The molecule has 2 N–H and O–H groups in total. The third-order valence-corrected chi connectivity index (χ3v) is 4.25. The molecule has 1 heterocycles. The van der Waals surface area contributed by atoms with Gasteiger partial charge in [0.15, 0.2) is 5.69 Å².